The van der Waals surface area contributed by atoms with Crippen LogP contribution in [0.25, 0.3) is 22.2 Å². The number of pyridine rings is 1. The fourth-order valence-corrected chi connectivity index (χ4v) is 3.36. The van der Waals surface area contributed by atoms with E-state index in [-0.39, 0.29) is 10.2 Å². The first-order valence-electron chi connectivity index (χ1n) is 8.53. The molecule has 0 aliphatic heterocycles. The van der Waals surface area contributed by atoms with Gasteiger partial charge in [0.1, 0.15) is 10.9 Å². The quantitative estimate of drug-likeness (QED) is 0.348. The van der Waals surface area contributed by atoms with E-state index < -0.39 is 0 Å². The molecule has 0 atom stereocenters. The number of rotatable bonds is 5. The van der Waals surface area contributed by atoms with Gasteiger partial charge >= 0.3 is 0 Å². The molecular formula is C19H20N6S. The Morgan fingerprint density at radius 2 is 2.12 bits per heavy atom. The zero-order valence-corrected chi connectivity index (χ0v) is 15.0. The first-order chi connectivity index (χ1) is 12.6. The predicted octanol–water partition coefficient (Wildman–Crippen LogP) is 4.00. The van der Waals surface area contributed by atoms with Gasteiger partial charge in [0, 0.05) is 34.8 Å². The van der Waals surface area contributed by atoms with Crippen LogP contribution < -0.4 is 11.1 Å². The molecular weight excluding hydrogens is 344 g/mol. The van der Waals surface area contributed by atoms with Crippen molar-refractivity contribution in [1.82, 2.24) is 9.97 Å². The summed E-state index contributed by atoms with van der Waals surface area (Å²) < 4.78 is 0. The van der Waals surface area contributed by atoms with Gasteiger partial charge in [-0.15, -0.1) is 0 Å². The summed E-state index contributed by atoms with van der Waals surface area (Å²) in [6.45, 7) is 0.980. The maximum atomic E-state index is 8.10. The van der Waals surface area contributed by atoms with Crippen molar-refractivity contribution in [2.24, 2.45) is 11.7 Å². The molecule has 6 N–H and O–H groups in total. The zero-order valence-electron chi connectivity index (χ0n) is 14.2. The van der Waals surface area contributed by atoms with Crippen molar-refractivity contribution >= 4 is 38.7 Å². The van der Waals surface area contributed by atoms with Gasteiger partial charge in [-0.3, -0.25) is 10.8 Å². The summed E-state index contributed by atoms with van der Waals surface area (Å²) in [6.07, 6.45) is 4.56. The number of thioether (sulfide) groups is 1. The number of aromatic nitrogens is 2. The Hall–Kier alpha value is -2.80. The van der Waals surface area contributed by atoms with Gasteiger partial charge in [0.25, 0.3) is 0 Å². The summed E-state index contributed by atoms with van der Waals surface area (Å²) in [7, 11) is 0. The first-order valence-corrected chi connectivity index (χ1v) is 9.35. The van der Waals surface area contributed by atoms with E-state index in [0.717, 1.165) is 57.8 Å². The van der Waals surface area contributed by atoms with Crippen LogP contribution in [-0.2, 0) is 0 Å². The van der Waals surface area contributed by atoms with Crippen LogP contribution >= 0.6 is 11.8 Å². The largest absolute Gasteiger partial charge is 0.378 e. The van der Waals surface area contributed by atoms with Gasteiger partial charge in [-0.25, -0.2) is 4.98 Å². The number of nitrogens with zero attached hydrogens (tertiary/aromatic N) is 1. The van der Waals surface area contributed by atoms with Crippen molar-refractivity contribution in [3.05, 3.63) is 48.2 Å². The average Bonchev–Trinajstić information content (AvgIpc) is 3.36. The zero-order chi connectivity index (χ0) is 18.1. The molecule has 26 heavy (non-hydrogen) atoms. The van der Waals surface area contributed by atoms with Gasteiger partial charge < -0.3 is 16.0 Å². The second-order valence-corrected chi connectivity index (χ2v) is 7.54. The van der Waals surface area contributed by atoms with Crippen LogP contribution in [-0.4, -0.2) is 26.7 Å². The van der Waals surface area contributed by atoms with Gasteiger partial charge in [0.15, 0.2) is 5.17 Å². The number of amidine groups is 1. The molecule has 0 radical (unpaired) electrons. The molecule has 4 rings (SSSR count). The summed E-state index contributed by atoms with van der Waals surface area (Å²) in [5.74, 6) is 1.68. The molecule has 1 aliphatic rings. The van der Waals surface area contributed by atoms with E-state index >= 15 is 0 Å². The molecule has 0 bridgehead atoms. The van der Waals surface area contributed by atoms with Crippen LogP contribution in [0, 0.1) is 16.7 Å². The summed E-state index contributed by atoms with van der Waals surface area (Å²) in [6, 6.07) is 11.7. The molecule has 2 heterocycles. The Morgan fingerprint density at radius 3 is 2.88 bits per heavy atom. The van der Waals surface area contributed by atoms with Crippen LogP contribution in [0.2, 0.25) is 0 Å². The number of nitrogens with two attached hydrogens (primary N) is 1. The molecule has 0 amide bonds. The van der Waals surface area contributed by atoms with Crippen LogP contribution in [0.3, 0.4) is 0 Å². The third kappa shape index (κ3) is 3.57. The monoisotopic (exact) mass is 364 g/mol. The standard InChI is InChI=1S/C19H20N6S/c20-18(26-19(21)22)12-6-7-15-13(8-12)14(10-23-15)16-2-1-3-17(25-16)24-9-11-4-5-11/h1-3,6-8,10-11,20,23H,4-5,9H2,(H3,21,22)(H,24,25). The van der Waals surface area contributed by atoms with E-state index in [0.29, 0.717) is 0 Å². The molecule has 6 nitrogen and oxygen atoms in total. The van der Waals surface area contributed by atoms with Crippen molar-refractivity contribution in [2.75, 3.05) is 11.9 Å². The first kappa shape index (κ1) is 16.7. The summed E-state index contributed by atoms with van der Waals surface area (Å²) in [5, 5.41) is 20.1. The van der Waals surface area contributed by atoms with E-state index in [2.05, 4.69) is 10.3 Å². The van der Waals surface area contributed by atoms with E-state index in [1.807, 2.05) is 42.6 Å². The van der Waals surface area contributed by atoms with Gasteiger partial charge in [-0.05, 0) is 54.8 Å². The number of fused-ring (bicyclic) bond motifs is 1. The highest BCUT2D eigenvalue weighted by molar-refractivity contribution is 8.26. The van der Waals surface area contributed by atoms with Gasteiger partial charge in [-0.1, -0.05) is 12.1 Å². The Kier molecular flexibility index (Phi) is 4.38. The lowest BCUT2D eigenvalue weighted by Crippen LogP contribution is -2.08. The lowest BCUT2D eigenvalue weighted by atomic mass is 10.1. The molecule has 1 saturated carbocycles. The van der Waals surface area contributed by atoms with Gasteiger partial charge in [0.2, 0.25) is 0 Å². The molecule has 132 valence electrons. The highest BCUT2D eigenvalue weighted by Gasteiger charge is 2.20. The summed E-state index contributed by atoms with van der Waals surface area (Å²) in [4.78, 5) is 8.01. The SMILES string of the molecule is N=C(N)SC(=N)c1ccc2[nH]cc(-c3cccc(NCC4CC4)n3)c2c1. The van der Waals surface area contributed by atoms with E-state index in [4.69, 9.17) is 21.5 Å². The number of H-pyrrole nitrogens is 1. The normalized spacial score (nSPS) is 13.7. The number of hydrogen-bond acceptors (Lipinski definition) is 5. The highest BCUT2D eigenvalue weighted by Crippen LogP contribution is 2.31. The number of benzene rings is 1. The average molecular weight is 364 g/mol. The number of nitrogens with one attached hydrogen (secondary N) is 4. The Balaban J connectivity index is 1.66. The second kappa shape index (κ2) is 6.84. The van der Waals surface area contributed by atoms with Crippen molar-refractivity contribution in [3.8, 4) is 11.3 Å². The Labute approximate surface area is 155 Å². The highest BCUT2D eigenvalue weighted by atomic mass is 32.2. The van der Waals surface area contributed by atoms with Gasteiger partial charge in [-0.2, -0.15) is 0 Å². The molecule has 1 fully saturated rings. The minimum absolute atomic E-state index is 0.0829. The van der Waals surface area contributed by atoms with Crippen molar-refractivity contribution in [2.45, 2.75) is 12.8 Å². The van der Waals surface area contributed by atoms with E-state index in [1.165, 1.54) is 12.8 Å². The lowest BCUT2D eigenvalue weighted by Gasteiger charge is -2.07. The van der Waals surface area contributed by atoms with Crippen molar-refractivity contribution in [1.29, 1.82) is 10.8 Å². The molecule has 7 heteroatoms. The molecule has 1 aromatic carbocycles. The van der Waals surface area contributed by atoms with Crippen LogP contribution in [0.1, 0.15) is 18.4 Å². The van der Waals surface area contributed by atoms with E-state index in [9.17, 15) is 0 Å². The number of hydrogen-bond donors (Lipinski definition) is 5. The van der Waals surface area contributed by atoms with Crippen LogP contribution in [0.4, 0.5) is 5.82 Å². The smallest absolute Gasteiger partial charge is 0.157 e. The topological polar surface area (TPSA) is 114 Å². The van der Waals surface area contributed by atoms with Crippen LogP contribution in [0.5, 0.6) is 0 Å². The number of anilines is 1. The summed E-state index contributed by atoms with van der Waals surface area (Å²) in [5.41, 5.74) is 9.01. The fourth-order valence-electron chi connectivity index (χ4n) is 2.90. The Morgan fingerprint density at radius 1 is 1.27 bits per heavy atom. The third-order valence-electron chi connectivity index (χ3n) is 4.45. The molecule has 2 aromatic heterocycles. The minimum atomic E-state index is -0.0829. The predicted molar refractivity (Wildman–Crippen MR) is 109 cm³/mol. The minimum Gasteiger partial charge on any atom is -0.378 e. The molecule has 0 unspecified atom stereocenters. The van der Waals surface area contributed by atoms with Crippen molar-refractivity contribution < 1.29 is 0 Å². The van der Waals surface area contributed by atoms with Crippen molar-refractivity contribution in [3.63, 3.8) is 0 Å². The fraction of sp³-hybridized carbons (Fsp3) is 0.211. The maximum absolute atomic E-state index is 8.10. The van der Waals surface area contributed by atoms with E-state index in [1.54, 1.807) is 0 Å². The van der Waals surface area contributed by atoms with Gasteiger partial charge in [0.05, 0.1) is 5.69 Å². The second-order valence-electron chi connectivity index (χ2n) is 6.49. The maximum Gasteiger partial charge on any atom is 0.157 e. The number of aromatic amines is 1. The Bertz CT molecular complexity index is 989. The molecule has 3 aromatic rings. The summed E-state index contributed by atoms with van der Waals surface area (Å²) >= 11 is 0.947. The molecule has 0 spiro atoms. The lowest BCUT2D eigenvalue weighted by molar-refractivity contribution is 0.883. The third-order valence-corrected chi connectivity index (χ3v) is 5.11. The molecule has 1 aliphatic carbocycles. The van der Waals surface area contributed by atoms with Crippen LogP contribution in [0.15, 0.2) is 42.6 Å². The molecule has 0 saturated heterocycles.